The van der Waals surface area contributed by atoms with Gasteiger partial charge in [-0.15, -0.1) is 0 Å². The summed E-state index contributed by atoms with van der Waals surface area (Å²) in [4.78, 5) is 12.7. The van der Waals surface area contributed by atoms with Crippen LogP contribution in [0.4, 0.5) is 0 Å². The van der Waals surface area contributed by atoms with E-state index in [-0.39, 0.29) is 36.2 Å². The van der Waals surface area contributed by atoms with E-state index in [0.29, 0.717) is 40.5 Å². The third kappa shape index (κ3) is 3.21. The molecular formula is C21H20N2O8. The summed E-state index contributed by atoms with van der Waals surface area (Å²) in [6.45, 7) is -0.409. The number of ether oxygens (including phenoxy) is 4. The molecule has 5 rings (SSSR count). The van der Waals surface area contributed by atoms with Crippen molar-refractivity contribution in [3.05, 3.63) is 46.4 Å². The molecule has 0 amide bonds. The lowest BCUT2D eigenvalue weighted by molar-refractivity contribution is 0.00607. The summed E-state index contributed by atoms with van der Waals surface area (Å²) in [5.41, 5.74) is 12.9. The maximum atomic E-state index is 12.7. The Morgan fingerprint density at radius 1 is 1.03 bits per heavy atom. The normalized spacial score (nSPS) is 17.6. The number of aromatic hydroxyl groups is 2. The van der Waals surface area contributed by atoms with Crippen LogP contribution in [-0.2, 0) is 20.8 Å². The minimum absolute atomic E-state index is 0.0670. The van der Waals surface area contributed by atoms with E-state index < -0.39 is 18.4 Å². The van der Waals surface area contributed by atoms with Crippen molar-refractivity contribution in [2.45, 2.75) is 25.3 Å². The molecule has 2 aliphatic heterocycles. The summed E-state index contributed by atoms with van der Waals surface area (Å²) < 4.78 is 21.9. The molecule has 2 heterocycles. The van der Waals surface area contributed by atoms with E-state index in [1.54, 1.807) is 6.08 Å². The number of phenols is 2. The van der Waals surface area contributed by atoms with Crippen LogP contribution < -0.4 is 16.2 Å². The topological polar surface area (TPSA) is 167 Å². The molecule has 3 aliphatic rings. The molecule has 0 saturated heterocycles. The van der Waals surface area contributed by atoms with Gasteiger partial charge >= 0.3 is 5.97 Å². The molecule has 0 spiro atoms. The molecule has 1 aliphatic carbocycles. The standard InChI is InChI=1S/C21H20N2O8/c22-21(23,27)7-29-19-11-5-14(25)13(24)4-10(11)17(18-12(19)6-28-20(18)26)9-1-2-15-16(3-9)31-8-30-15/h3-5,24-25,27H,1-2,6-8,22-23H2. The van der Waals surface area contributed by atoms with Crippen molar-refractivity contribution in [1.29, 1.82) is 0 Å². The number of aliphatic hydroxyl groups is 1. The molecule has 2 aromatic carbocycles. The summed E-state index contributed by atoms with van der Waals surface area (Å²) in [7, 11) is 0. The smallest absolute Gasteiger partial charge is 0.339 e. The van der Waals surface area contributed by atoms with Crippen LogP contribution in [0.25, 0.3) is 16.3 Å². The number of rotatable bonds is 4. The lowest BCUT2D eigenvalue weighted by atomic mass is 9.85. The lowest BCUT2D eigenvalue weighted by Gasteiger charge is -2.23. The highest BCUT2D eigenvalue weighted by molar-refractivity contribution is 6.11. The molecular weight excluding hydrogens is 408 g/mol. The number of cyclic esters (lactones) is 1. The quantitative estimate of drug-likeness (QED) is 0.272. The second kappa shape index (κ2) is 6.77. The van der Waals surface area contributed by atoms with Gasteiger partial charge < -0.3 is 34.3 Å². The Balaban J connectivity index is 1.79. The number of carbonyl (C=O) groups is 1. The van der Waals surface area contributed by atoms with E-state index >= 15 is 0 Å². The second-order valence-corrected chi connectivity index (χ2v) is 7.66. The Morgan fingerprint density at radius 3 is 2.52 bits per heavy atom. The average molecular weight is 428 g/mol. The Morgan fingerprint density at radius 2 is 1.77 bits per heavy atom. The zero-order valence-electron chi connectivity index (χ0n) is 16.3. The summed E-state index contributed by atoms with van der Waals surface area (Å²) in [6.07, 6.45) is 2.95. The van der Waals surface area contributed by atoms with Crippen molar-refractivity contribution in [3.8, 4) is 17.2 Å². The predicted octanol–water partition coefficient (Wildman–Crippen LogP) is 1.26. The summed E-state index contributed by atoms with van der Waals surface area (Å²) in [5.74, 6) is -1.89. The first-order chi connectivity index (χ1) is 14.7. The second-order valence-electron chi connectivity index (χ2n) is 7.66. The zero-order chi connectivity index (χ0) is 21.9. The van der Waals surface area contributed by atoms with Crippen LogP contribution in [-0.4, -0.2) is 40.5 Å². The molecule has 2 aromatic rings. The SMILES string of the molecule is NC(N)(O)COc1c2c(c(C3=CC4=C(CC3)OCO4)c3cc(O)c(O)cc13)C(=O)OC2. The average Bonchev–Trinajstić information content (AvgIpc) is 3.32. The first-order valence-corrected chi connectivity index (χ1v) is 9.57. The van der Waals surface area contributed by atoms with Gasteiger partial charge in [0.25, 0.3) is 0 Å². The number of carbonyl (C=O) groups excluding carboxylic acids is 1. The van der Waals surface area contributed by atoms with Crippen LogP contribution in [0.5, 0.6) is 17.2 Å². The van der Waals surface area contributed by atoms with E-state index in [1.807, 2.05) is 0 Å². The summed E-state index contributed by atoms with van der Waals surface area (Å²) >= 11 is 0. The monoisotopic (exact) mass is 428 g/mol. The first kappa shape index (κ1) is 19.5. The highest BCUT2D eigenvalue weighted by atomic mass is 16.7. The molecule has 10 nitrogen and oxygen atoms in total. The van der Waals surface area contributed by atoms with E-state index in [2.05, 4.69) is 0 Å². The molecule has 0 unspecified atom stereocenters. The fourth-order valence-electron chi connectivity index (χ4n) is 4.10. The van der Waals surface area contributed by atoms with Crippen LogP contribution in [0, 0.1) is 0 Å². The van der Waals surface area contributed by atoms with Gasteiger partial charge in [-0.1, -0.05) is 0 Å². The first-order valence-electron chi connectivity index (χ1n) is 9.57. The highest BCUT2D eigenvalue weighted by Gasteiger charge is 2.35. The summed E-state index contributed by atoms with van der Waals surface area (Å²) in [5, 5.41) is 30.9. The van der Waals surface area contributed by atoms with Gasteiger partial charge in [-0.25, -0.2) is 4.79 Å². The van der Waals surface area contributed by atoms with Gasteiger partial charge in [0.1, 0.15) is 24.7 Å². The van der Waals surface area contributed by atoms with Crippen molar-refractivity contribution in [2.75, 3.05) is 13.4 Å². The van der Waals surface area contributed by atoms with E-state index in [4.69, 9.17) is 30.4 Å². The number of esters is 1. The van der Waals surface area contributed by atoms with Gasteiger partial charge in [0.2, 0.25) is 12.6 Å². The van der Waals surface area contributed by atoms with Crippen LogP contribution in [0.2, 0.25) is 0 Å². The molecule has 0 bridgehead atoms. The van der Waals surface area contributed by atoms with Gasteiger partial charge in [0, 0.05) is 22.9 Å². The minimum atomic E-state index is -2.12. The summed E-state index contributed by atoms with van der Waals surface area (Å²) in [6, 6.07) is 2.68. The third-order valence-electron chi connectivity index (χ3n) is 5.42. The lowest BCUT2D eigenvalue weighted by Crippen LogP contribution is -2.54. The molecule has 0 aromatic heterocycles. The van der Waals surface area contributed by atoms with E-state index in [9.17, 15) is 20.1 Å². The number of benzene rings is 2. The Labute approximate surface area is 175 Å². The van der Waals surface area contributed by atoms with Crippen molar-refractivity contribution in [2.24, 2.45) is 11.5 Å². The maximum absolute atomic E-state index is 12.7. The van der Waals surface area contributed by atoms with Gasteiger partial charge in [0.05, 0.1) is 5.56 Å². The number of hydrogen-bond acceptors (Lipinski definition) is 10. The molecule has 0 saturated carbocycles. The van der Waals surface area contributed by atoms with E-state index in [1.165, 1.54) is 12.1 Å². The number of nitrogens with two attached hydrogens (primary N) is 2. The van der Waals surface area contributed by atoms with E-state index in [0.717, 1.165) is 11.3 Å². The molecule has 31 heavy (non-hydrogen) atoms. The van der Waals surface area contributed by atoms with Crippen LogP contribution >= 0.6 is 0 Å². The molecule has 0 fully saturated rings. The maximum Gasteiger partial charge on any atom is 0.339 e. The van der Waals surface area contributed by atoms with Crippen molar-refractivity contribution < 1.29 is 39.1 Å². The Bertz CT molecular complexity index is 1190. The van der Waals surface area contributed by atoms with Gasteiger partial charge in [-0.2, -0.15) is 0 Å². The molecule has 162 valence electrons. The van der Waals surface area contributed by atoms with Gasteiger partial charge in [-0.3, -0.25) is 11.5 Å². The predicted molar refractivity (Wildman–Crippen MR) is 106 cm³/mol. The van der Waals surface area contributed by atoms with Crippen LogP contribution in [0.1, 0.15) is 34.3 Å². The van der Waals surface area contributed by atoms with Crippen molar-refractivity contribution >= 4 is 22.3 Å². The van der Waals surface area contributed by atoms with Gasteiger partial charge in [0.15, 0.2) is 17.3 Å². The Hall–Kier alpha value is -3.47. The molecule has 10 heteroatoms. The fourth-order valence-corrected chi connectivity index (χ4v) is 4.10. The fraction of sp³-hybridized carbons (Fsp3) is 0.286. The zero-order valence-corrected chi connectivity index (χ0v) is 16.3. The van der Waals surface area contributed by atoms with Crippen LogP contribution in [0.3, 0.4) is 0 Å². The van der Waals surface area contributed by atoms with Gasteiger partial charge in [-0.05, 0) is 35.6 Å². The number of hydrogen-bond donors (Lipinski definition) is 5. The molecule has 7 N–H and O–H groups in total. The third-order valence-corrected chi connectivity index (χ3v) is 5.42. The number of fused-ring (bicyclic) bond motifs is 2. The number of phenolic OH excluding ortho intramolecular Hbond substituents is 2. The highest BCUT2D eigenvalue weighted by Crippen LogP contribution is 2.48. The Kier molecular flexibility index (Phi) is 4.26. The van der Waals surface area contributed by atoms with Crippen molar-refractivity contribution in [3.63, 3.8) is 0 Å². The molecule has 0 atom stereocenters. The minimum Gasteiger partial charge on any atom is -0.504 e. The molecule has 0 radical (unpaired) electrons. The van der Waals surface area contributed by atoms with Crippen LogP contribution in [0.15, 0.2) is 29.7 Å². The largest absolute Gasteiger partial charge is 0.504 e. The van der Waals surface area contributed by atoms with Crippen molar-refractivity contribution in [1.82, 2.24) is 0 Å². The number of allylic oxidation sites excluding steroid dienone is 3.